The van der Waals surface area contributed by atoms with Gasteiger partial charge in [-0.05, 0) is 15.9 Å². The highest BCUT2D eigenvalue weighted by atomic mass is 79.9. The summed E-state index contributed by atoms with van der Waals surface area (Å²) in [5.41, 5.74) is -0.250. The summed E-state index contributed by atoms with van der Waals surface area (Å²) in [6.07, 6.45) is 0. The van der Waals surface area contributed by atoms with Crippen LogP contribution in [-0.4, -0.2) is 4.92 Å². The fraction of sp³-hybridized carbons (Fsp3) is 0. The van der Waals surface area contributed by atoms with Crippen molar-refractivity contribution < 1.29 is 4.92 Å². The zero-order chi connectivity index (χ0) is 18.9. The maximum Gasteiger partial charge on any atom is 0.272 e. The van der Waals surface area contributed by atoms with E-state index < -0.39 is 4.92 Å². The summed E-state index contributed by atoms with van der Waals surface area (Å²) in [6, 6.07) is 5.97. The number of non-ortho nitro benzene ring substituents is 1. The molecule has 2 rings (SSSR count). The molecule has 0 saturated carbocycles. The number of nitrogens with one attached hydrogen (secondary N) is 1. The van der Waals surface area contributed by atoms with E-state index in [2.05, 4.69) is 21.2 Å². The molecule has 0 spiro atoms. The molecule has 126 valence electrons. The van der Waals surface area contributed by atoms with E-state index >= 15 is 0 Å². The molecule has 0 bridgehead atoms. The summed E-state index contributed by atoms with van der Waals surface area (Å²) in [4.78, 5) is 10.3. The van der Waals surface area contributed by atoms with Crippen molar-refractivity contribution in [3.8, 4) is 12.1 Å². The second-order valence-electron chi connectivity index (χ2n) is 4.46. The van der Waals surface area contributed by atoms with Crippen molar-refractivity contribution >= 4 is 79.4 Å². The monoisotopic (exact) mass is 478 g/mol. The van der Waals surface area contributed by atoms with Crippen LogP contribution >= 0.6 is 62.3 Å². The average Bonchev–Trinajstić information content (AvgIpc) is 2.55. The fourth-order valence-corrected chi connectivity index (χ4v) is 3.60. The number of rotatable bonds is 3. The summed E-state index contributed by atoms with van der Waals surface area (Å²) < 4.78 is 0.253. The minimum atomic E-state index is -0.608. The molecule has 0 aromatic heterocycles. The van der Waals surface area contributed by atoms with Crippen LogP contribution in [0.3, 0.4) is 0 Å². The van der Waals surface area contributed by atoms with Gasteiger partial charge in [0, 0.05) is 16.6 Å². The van der Waals surface area contributed by atoms with E-state index in [0.29, 0.717) is 0 Å². The van der Waals surface area contributed by atoms with Crippen molar-refractivity contribution in [1.82, 2.24) is 0 Å². The fourth-order valence-electron chi connectivity index (χ4n) is 1.89. The Morgan fingerprint density at radius 2 is 1.60 bits per heavy atom. The lowest BCUT2D eigenvalue weighted by Crippen LogP contribution is -2.01. The second kappa shape index (κ2) is 7.65. The summed E-state index contributed by atoms with van der Waals surface area (Å²) in [5.74, 6) is 0. The number of nitrogens with zero attached hydrogens (tertiary/aromatic N) is 3. The van der Waals surface area contributed by atoms with Crippen LogP contribution in [0.15, 0.2) is 16.6 Å². The molecule has 0 fully saturated rings. The van der Waals surface area contributed by atoms with Gasteiger partial charge in [-0.2, -0.15) is 10.5 Å². The van der Waals surface area contributed by atoms with E-state index in [1.807, 2.05) is 6.07 Å². The minimum Gasteiger partial charge on any atom is -0.351 e. The topological polar surface area (TPSA) is 103 Å². The molecular weight excluding hydrogens is 478 g/mol. The number of hydrogen-bond donors (Lipinski definition) is 1. The summed E-state index contributed by atoms with van der Waals surface area (Å²) in [6.45, 7) is 0. The van der Waals surface area contributed by atoms with Crippen molar-refractivity contribution in [3.63, 3.8) is 0 Å². The molecule has 0 unspecified atom stereocenters. The predicted octanol–water partition coefficient (Wildman–Crippen LogP) is 6.46. The van der Waals surface area contributed by atoms with Crippen molar-refractivity contribution in [2.75, 3.05) is 5.32 Å². The van der Waals surface area contributed by atoms with E-state index in [0.717, 1.165) is 6.07 Å². The first-order valence-corrected chi connectivity index (χ1v) is 8.44. The molecule has 0 saturated heterocycles. The number of nitriles is 2. The number of nitro benzene ring substituents is 1. The van der Waals surface area contributed by atoms with E-state index in [-0.39, 0.29) is 52.8 Å². The number of anilines is 2. The molecule has 25 heavy (non-hydrogen) atoms. The maximum absolute atomic E-state index is 10.9. The lowest BCUT2D eigenvalue weighted by atomic mass is 10.1. The van der Waals surface area contributed by atoms with Gasteiger partial charge in [0.15, 0.2) is 0 Å². The number of halogens is 5. The largest absolute Gasteiger partial charge is 0.351 e. The lowest BCUT2D eigenvalue weighted by molar-refractivity contribution is -0.384. The normalized spacial score (nSPS) is 10.0. The molecule has 0 heterocycles. The van der Waals surface area contributed by atoms with Gasteiger partial charge in [-0.25, -0.2) is 0 Å². The van der Waals surface area contributed by atoms with Crippen molar-refractivity contribution in [2.24, 2.45) is 0 Å². The van der Waals surface area contributed by atoms with E-state index in [4.69, 9.17) is 51.7 Å². The highest BCUT2D eigenvalue weighted by Crippen LogP contribution is 2.45. The first-order chi connectivity index (χ1) is 11.7. The first-order valence-electron chi connectivity index (χ1n) is 6.14. The molecule has 0 aliphatic carbocycles. The van der Waals surface area contributed by atoms with Crippen LogP contribution < -0.4 is 5.32 Å². The number of hydrogen-bond acceptors (Lipinski definition) is 5. The summed E-state index contributed by atoms with van der Waals surface area (Å²) >= 11 is 27.5. The number of nitro groups is 1. The molecule has 11 heteroatoms. The Bertz CT molecular complexity index is 975. The zero-order valence-electron chi connectivity index (χ0n) is 11.7. The number of benzene rings is 2. The smallest absolute Gasteiger partial charge is 0.272 e. The standard InChI is InChI=1S/C14H3BrCl4N4O2/c15-8-1-5(23(24)25)2-9(16)14(8)22-13-7(4-21)10(17)6(3-20)11(18)12(13)19/h1-2,22H. The third kappa shape index (κ3) is 3.62. The predicted molar refractivity (Wildman–Crippen MR) is 100.0 cm³/mol. The molecule has 2 aromatic carbocycles. The van der Waals surface area contributed by atoms with E-state index in [1.165, 1.54) is 6.07 Å². The van der Waals surface area contributed by atoms with Crippen LogP contribution in [0.4, 0.5) is 17.1 Å². The Morgan fingerprint density at radius 1 is 1.00 bits per heavy atom. The van der Waals surface area contributed by atoms with E-state index in [9.17, 15) is 15.4 Å². The zero-order valence-corrected chi connectivity index (χ0v) is 16.3. The molecule has 6 nitrogen and oxygen atoms in total. The van der Waals surface area contributed by atoms with Crippen LogP contribution in [-0.2, 0) is 0 Å². The third-order valence-corrected chi connectivity index (χ3v) is 5.19. The molecule has 0 aliphatic rings. The molecule has 1 N–H and O–H groups in total. The van der Waals surface area contributed by atoms with Crippen LogP contribution in [0.2, 0.25) is 20.1 Å². The molecule has 2 aromatic rings. The first kappa shape index (κ1) is 19.6. The van der Waals surface area contributed by atoms with Crippen molar-refractivity contribution in [3.05, 3.63) is 57.9 Å². The molecule has 0 radical (unpaired) electrons. The van der Waals surface area contributed by atoms with Gasteiger partial charge in [0.1, 0.15) is 12.1 Å². The van der Waals surface area contributed by atoms with Gasteiger partial charge in [-0.15, -0.1) is 0 Å². The Balaban J connectivity index is 2.69. The highest BCUT2D eigenvalue weighted by Gasteiger charge is 2.23. The lowest BCUT2D eigenvalue weighted by Gasteiger charge is -2.16. The Kier molecular flexibility index (Phi) is 5.99. The molecule has 0 amide bonds. The Morgan fingerprint density at radius 3 is 2.08 bits per heavy atom. The van der Waals surface area contributed by atoms with Crippen LogP contribution in [0.25, 0.3) is 0 Å². The van der Waals surface area contributed by atoms with Gasteiger partial charge in [0.2, 0.25) is 0 Å². The minimum absolute atomic E-state index is 0.00219. The molecule has 0 aliphatic heterocycles. The molecular formula is C14H3BrCl4N4O2. The van der Waals surface area contributed by atoms with Crippen LogP contribution in [0.5, 0.6) is 0 Å². The maximum atomic E-state index is 10.9. The summed E-state index contributed by atoms with van der Waals surface area (Å²) in [7, 11) is 0. The van der Waals surface area contributed by atoms with Crippen molar-refractivity contribution in [1.29, 1.82) is 10.5 Å². The third-order valence-electron chi connectivity index (χ3n) is 3.03. The van der Waals surface area contributed by atoms with Gasteiger partial charge in [0.25, 0.3) is 5.69 Å². The van der Waals surface area contributed by atoms with Gasteiger partial charge in [-0.3, -0.25) is 10.1 Å². The SMILES string of the molecule is N#Cc1c(Cl)c(Cl)c(Nc2c(Cl)cc([N+](=O)[O-])cc2Br)c(C#N)c1Cl. The van der Waals surface area contributed by atoms with Gasteiger partial charge in [0.05, 0.1) is 47.5 Å². The van der Waals surface area contributed by atoms with E-state index in [1.54, 1.807) is 6.07 Å². The van der Waals surface area contributed by atoms with Gasteiger partial charge < -0.3 is 5.32 Å². The van der Waals surface area contributed by atoms with Gasteiger partial charge in [-0.1, -0.05) is 46.4 Å². The van der Waals surface area contributed by atoms with Crippen molar-refractivity contribution in [2.45, 2.75) is 0 Å². The Hall–Kier alpha value is -1.74. The van der Waals surface area contributed by atoms with Crippen LogP contribution in [0.1, 0.15) is 11.1 Å². The van der Waals surface area contributed by atoms with Gasteiger partial charge >= 0.3 is 0 Å². The average molecular weight is 481 g/mol. The quantitative estimate of drug-likeness (QED) is 0.308. The molecule has 0 atom stereocenters. The Labute approximate surface area is 169 Å². The summed E-state index contributed by atoms with van der Waals surface area (Å²) in [5, 5.41) is 31.7. The van der Waals surface area contributed by atoms with Crippen LogP contribution in [0, 0.1) is 32.8 Å². The highest BCUT2D eigenvalue weighted by molar-refractivity contribution is 9.10. The second-order valence-corrected chi connectivity index (χ2v) is 6.85.